The van der Waals surface area contributed by atoms with Crippen molar-refractivity contribution < 1.29 is 18.7 Å². The smallest absolute Gasteiger partial charge is 0.338 e. The molecule has 9 heteroatoms. The second-order valence-electron chi connectivity index (χ2n) is 7.07. The number of nitrogens with zero attached hydrogens (tertiary/aromatic N) is 3. The zero-order valence-electron chi connectivity index (χ0n) is 17.7. The van der Waals surface area contributed by atoms with Crippen LogP contribution in [0.3, 0.4) is 0 Å². The molecule has 2 heterocycles. The Morgan fingerprint density at radius 1 is 1.12 bits per heavy atom. The molecule has 4 rings (SSSR count). The van der Waals surface area contributed by atoms with E-state index >= 15 is 0 Å². The van der Waals surface area contributed by atoms with E-state index in [2.05, 4.69) is 15.5 Å². The van der Waals surface area contributed by atoms with E-state index in [1.165, 1.54) is 11.8 Å². The van der Waals surface area contributed by atoms with Gasteiger partial charge >= 0.3 is 5.97 Å². The Hall–Kier alpha value is -3.59. The topological polar surface area (TPSA) is 99.2 Å². The molecule has 0 aliphatic carbocycles. The van der Waals surface area contributed by atoms with Crippen LogP contribution in [0.1, 0.15) is 23.7 Å². The zero-order chi connectivity index (χ0) is 22.5. The molecule has 4 aromatic rings. The van der Waals surface area contributed by atoms with E-state index in [9.17, 15) is 9.59 Å². The van der Waals surface area contributed by atoms with Gasteiger partial charge in [-0.1, -0.05) is 43.0 Å². The summed E-state index contributed by atoms with van der Waals surface area (Å²) in [4.78, 5) is 24.4. The Balaban J connectivity index is 1.38. The van der Waals surface area contributed by atoms with Gasteiger partial charge in [0, 0.05) is 18.1 Å². The number of carbonyl (C=O) groups is 2. The monoisotopic (exact) mass is 450 g/mol. The second-order valence-corrected chi connectivity index (χ2v) is 8.01. The molecule has 0 atom stereocenters. The molecule has 0 saturated carbocycles. The largest absolute Gasteiger partial charge is 0.462 e. The molecule has 2 aromatic heterocycles. The van der Waals surface area contributed by atoms with Crippen molar-refractivity contribution in [2.75, 3.05) is 17.7 Å². The third-order valence-electron chi connectivity index (χ3n) is 4.63. The van der Waals surface area contributed by atoms with E-state index in [-0.39, 0.29) is 11.7 Å². The summed E-state index contributed by atoms with van der Waals surface area (Å²) in [7, 11) is 1.83. The van der Waals surface area contributed by atoms with E-state index in [0.717, 1.165) is 17.4 Å². The molecule has 0 fully saturated rings. The van der Waals surface area contributed by atoms with E-state index < -0.39 is 5.97 Å². The van der Waals surface area contributed by atoms with Gasteiger partial charge in [0.05, 0.1) is 17.9 Å². The van der Waals surface area contributed by atoms with Crippen LogP contribution in [0, 0.1) is 0 Å². The minimum absolute atomic E-state index is 0.136. The SMILES string of the molecule is CCCOC(=O)c1cccc(NC(=O)CSc2nnc(-c3cc4ccccc4o3)n2C)c1. The third-order valence-corrected chi connectivity index (χ3v) is 5.65. The first-order valence-electron chi connectivity index (χ1n) is 10.1. The van der Waals surface area contributed by atoms with Gasteiger partial charge in [-0.25, -0.2) is 4.79 Å². The number of carbonyl (C=O) groups excluding carboxylic acids is 2. The first kappa shape index (κ1) is 21.6. The molecule has 0 bridgehead atoms. The molecule has 2 aromatic carbocycles. The van der Waals surface area contributed by atoms with Crippen molar-refractivity contribution in [2.45, 2.75) is 18.5 Å². The Bertz CT molecular complexity index is 1230. The predicted molar refractivity (Wildman–Crippen MR) is 123 cm³/mol. The number of rotatable bonds is 8. The normalized spacial score (nSPS) is 10.9. The molecule has 0 unspecified atom stereocenters. The van der Waals surface area contributed by atoms with Crippen molar-refractivity contribution in [2.24, 2.45) is 7.05 Å². The highest BCUT2D eigenvalue weighted by Crippen LogP contribution is 2.28. The van der Waals surface area contributed by atoms with Crippen LogP contribution in [0.5, 0.6) is 0 Å². The predicted octanol–water partition coefficient (Wildman–Crippen LogP) is 4.53. The zero-order valence-corrected chi connectivity index (χ0v) is 18.5. The summed E-state index contributed by atoms with van der Waals surface area (Å²) in [6, 6.07) is 16.3. The van der Waals surface area contributed by atoms with Crippen LogP contribution in [-0.2, 0) is 16.6 Å². The number of ether oxygens (including phenoxy) is 1. The number of anilines is 1. The summed E-state index contributed by atoms with van der Waals surface area (Å²) in [5.41, 5.74) is 1.70. The van der Waals surface area contributed by atoms with Crippen LogP contribution < -0.4 is 5.32 Å². The number of para-hydroxylation sites is 1. The maximum Gasteiger partial charge on any atom is 0.338 e. The number of nitrogens with one attached hydrogen (secondary N) is 1. The Kier molecular flexibility index (Phi) is 6.55. The molecule has 32 heavy (non-hydrogen) atoms. The highest BCUT2D eigenvalue weighted by Gasteiger charge is 2.16. The van der Waals surface area contributed by atoms with E-state index in [4.69, 9.17) is 9.15 Å². The summed E-state index contributed by atoms with van der Waals surface area (Å²) >= 11 is 1.26. The lowest BCUT2D eigenvalue weighted by molar-refractivity contribution is -0.113. The van der Waals surface area contributed by atoms with Gasteiger partial charge < -0.3 is 19.0 Å². The molecule has 0 aliphatic heterocycles. The number of hydrogen-bond donors (Lipinski definition) is 1. The molecular formula is C23H22N4O4S. The first-order chi connectivity index (χ1) is 15.5. The van der Waals surface area contributed by atoms with Crippen molar-refractivity contribution in [3.8, 4) is 11.6 Å². The van der Waals surface area contributed by atoms with Gasteiger partial charge in [-0.05, 0) is 36.8 Å². The minimum atomic E-state index is -0.408. The number of esters is 1. The van der Waals surface area contributed by atoms with Crippen LogP contribution in [0.2, 0.25) is 0 Å². The quantitative estimate of drug-likeness (QED) is 0.311. The summed E-state index contributed by atoms with van der Waals surface area (Å²) in [6.45, 7) is 2.29. The number of furan rings is 1. The number of thioether (sulfide) groups is 1. The highest BCUT2D eigenvalue weighted by molar-refractivity contribution is 7.99. The van der Waals surface area contributed by atoms with Gasteiger partial charge in [-0.15, -0.1) is 10.2 Å². The van der Waals surface area contributed by atoms with Crippen LogP contribution in [0.25, 0.3) is 22.6 Å². The van der Waals surface area contributed by atoms with Gasteiger partial charge in [0.1, 0.15) is 5.58 Å². The molecular weight excluding hydrogens is 428 g/mol. The number of amides is 1. The van der Waals surface area contributed by atoms with Crippen molar-refractivity contribution in [1.29, 1.82) is 0 Å². The van der Waals surface area contributed by atoms with Gasteiger partial charge in [0.2, 0.25) is 5.91 Å². The van der Waals surface area contributed by atoms with Crippen molar-refractivity contribution in [1.82, 2.24) is 14.8 Å². The molecule has 0 radical (unpaired) electrons. The van der Waals surface area contributed by atoms with Gasteiger partial charge in [0.15, 0.2) is 16.7 Å². The van der Waals surface area contributed by atoms with Gasteiger partial charge in [0.25, 0.3) is 0 Å². The van der Waals surface area contributed by atoms with E-state index in [1.807, 2.05) is 44.3 Å². The highest BCUT2D eigenvalue weighted by atomic mass is 32.2. The minimum Gasteiger partial charge on any atom is -0.462 e. The van der Waals surface area contributed by atoms with Crippen LogP contribution in [-0.4, -0.2) is 39.0 Å². The molecule has 1 amide bonds. The fourth-order valence-corrected chi connectivity index (χ4v) is 3.79. The molecule has 8 nitrogen and oxygen atoms in total. The number of aromatic nitrogens is 3. The van der Waals surface area contributed by atoms with Crippen molar-refractivity contribution in [3.63, 3.8) is 0 Å². The number of benzene rings is 2. The third kappa shape index (κ3) is 4.83. The van der Waals surface area contributed by atoms with Gasteiger partial charge in [-0.2, -0.15) is 0 Å². The summed E-state index contributed by atoms with van der Waals surface area (Å²) < 4.78 is 12.8. The standard InChI is InChI=1S/C23H22N4O4S/c1-3-11-30-22(29)16-8-6-9-17(12-16)24-20(28)14-32-23-26-25-21(27(23)2)19-13-15-7-4-5-10-18(15)31-19/h4-10,12-13H,3,11,14H2,1-2H3,(H,24,28). The fraction of sp³-hybridized carbons (Fsp3) is 0.217. The van der Waals surface area contributed by atoms with Crippen LogP contribution in [0.4, 0.5) is 5.69 Å². The number of hydrogen-bond acceptors (Lipinski definition) is 7. The summed E-state index contributed by atoms with van der Waals surface area (Å²) in [6.07, 6.45) is 0.749. The molecule has 0 aliphatic rings. The Labute approximate surface area is 189 Å². The van der Waals surface area contributed by atoms with E-state index in [0.29, 0.717) is 34.6 Å². The van der Waals surface area contributed by atoms with E-state index in [1.54, 1.807) is 28.8 Å². The lowest BCUT2D eigenvalue weighted by Crippen LogP contribution is -2.15. The maximum atomic E-state index is 12.4. The Morgan fingerprint density at radius 2 is 1.97 bits per heavy atom. The molecule has 164 valence electrons. The Morgan fingerprint density at radius 3 is 2.78 bits per heavy atom. The fourth-order valence-electron chi connectivity index (χ4n) is 3.08. The average molecular weight is 451 g/mol. The second kappa shape index (κ2) is 9.69. The number of fused-ring (bicyclic) bond motifs is 1. The molecule has 1 N–H and O–H groups in total. The van der Waals surface area contributed by atoms with Crippen LogP contribution in [0.15, 0.2) is 64.2 Å². The van der Waals surface area contributed by atoms with Gasteiger partial charge in [-0.3, -0.25) is 4.79 Å². The lowest BCUT2D eigenvalue weighted by atomic mass is 10.2. The average Bonchev–Trinajstić information content (AvgIpc) is 3.39. The van der Waals surface area contributed by atoms with Crippen molar-refractivity contribution in [3.05, 3.63) is 60.2 Å². The van der Waals surface area contributed by atoms with Crippen LogP contribution >= 0.6 is 11.8 Å². The summed E-state index contributed by atoms with van der Waals surface area (Å²) in [5, 5.41) is 12.8. The molecule has 0 spiro atoms. The molecule has 0 saturated heterocycles. The maximum absolute atomic E-state index is 12.4. The first-order valence-corrected chi connectivity index (χ1v) is 11.1. The van der Waals surface area contributed by atoms with Crippen molar-refractivity contribution >= 4 is 40.3 Å². The lowest BCUT2D eigenvalue weighted by Gasteiger charge is -2.07. The summed E-state index contributed by atoms with van der Waals surface area (Å²) in [5.74, 6) is 0.708.